The van der Waals surface area contributed by atoms with Gasteiger partial charge in [0, 0.05) is 35.4 Å². The molecule has 1 fully saturated rings. The van der Waals surface area contributed by atoms with Gasteiger partial charge in [-0.25, -0.2) is 0 Å². The summed E-state index contributed by atoms with van der Waals surface area (Å²) in [6.07, 6.45) is 1.49. The summed E-state index contributed by atoms with van der Waals surface area (Å²) in [7, 11) is 1.53. The number of anilines is 3. The second kappa shape index (κ2) is 8.52. The van der Waals surface area contributed by atoms with Gasteiger partial charge in [0.05, 0.1) is 12.8 Å². The van der Waals surface area contributed by atoms with Crippen LogP contribution in [0.1, 0.15) is 25.3 Å². The summed E-state index contributed by atoms with van der Waals surface area (Å²) in [6.45, 7) is 4.40. The average Bonchev–Trinajstić information content (AvgIpc) is 3.11. The SMILES string of the molecule is COc1cc(Cl)c(C)cc1NC(=O)[C@H](C)Nc1ccc(N2CCCC2=O)cc1. The Bertz CT molecular complexity index is 883. The zero-order valence-corrected chi connectivity index (χ0v) is 17.0. The molecule has 1 aliphatic rings. The molecule has 0 unspecified atom stereocenters. The number of nitrogens with zero attached hydrogens (tertiary/aromatic N) is 1. The average molecular weight is 402 g/mol. The number of nitrogens with one attached hydrogen (secondary N) is 2. The number of hydrogen-bond acceptors (Lipinski definition) is 4. The van der Waals surface area contributed by atoms with Crippen molar-refractivity contribution in [3.05, 3.63) is 47.0 Å². The lowest BCUT2D eigenvalue weighted by Gasteiger charge is -2.19. The largest absolute Gasteiger partial charge is 0.495 e. The smallest absolute Gasteiger partial charge is 0.246 e. The summed E-state index contributed by atoms with van der Waals surface area (Å²) in [5.41, 5.74) is 3.11. The van der Waals surface area contributed by atoms with Gasteiger partial charge in [-0.2, -0.15) is 0 Å². The second-order valence-electron chi connectivity index (χ2n) is 6.85. The lowest BCUT2D eigenvalue weighted by atomic mass is 10.2. The van der Waals surface area contributed by atoms with Gasteiger partial charge >= 0.3 is 0 Å². The first-order valence-corrected chi connectivity index (χ1v) is 9.59. The van der Waals surface area contributed by atoms with Crippen LogP contribution < -0.4 is 20.3 Å². The van der Waals surface area contributed by atoms with E-state index in [0.717, 1.165) is 29.9 Å². The maximum Gasteiger partial charge on any atom is 0.246 e. The zero-order valence-electron chi connectivity index (χ0n) is 16.2. The molecule has 7 heteroatoms. The molecular formula is C21H24ClN3O3. The molecule has 28 heavy (non-hydrogen) atoms. The van der Waals surface area contributed by atoms with Gasteiger partial charge in [-0.15, -0.1) is 0 Å². The first-order chi connectivity index (χ1) is 13.4. The highest BCUT2D eigenvalue weighted by atomic mass is 35.5. The highest BCUT2D eigenvalue weighted by Crippen LogP contribution is 2.31. The number of benzene rings is 2. The fourth-order valence-corrected chi connectivity index (χ4v) is 3.30. The Balaban J connectivity index is 1.64. The van der Waals surface area contributed by atoms with Crippen molar-refractivity contribution in [1.29, 1.82) is 0 Å². The highest BCUT2D eigenvalue weighted by Gasteiger charge is 2.21. The van der Waals surface area contributed by atoms with Crippen LogP contribution in [0.15, 0.2) is 36.4 Å². The number of carbonyl (C=O) groups is 2. The molecule has 2 aromatic carbocycles. The highest BCUT2D eigenvalue weighted by molar-refractivity contribution is 6.31. The van der Waals surface area contributed by atoms with E-state index in [-0.39, 0.29) is 11.8 Å². The van der Waals surface area contributed by atoms with E-state index in [0.29, 0.717) is 22.9 Å². The lowest BCUT2D eigenvalue weighted by molar-refractivity contribution is -0.117. The normalized spacial score (nSPS) is 14.7. The number of hydrogen-bond donors (Lipinski definition) is 2. The standard InChI is InChI=1S/C21H24ClN3O3/c1-13-11-18(19(28-3)12-17(13)22)24-21(27)14(2)23-15-6-8-16(9-7-15)25-10-4-5-20(25)26/h6-9,11-12,14,23H,4-5,10H2,1-3H3,(H,24,27)/t14-/m0/s1. The van der Waals surface area contributed by atoms with Crippen LogP contribution in [-0.4, -0.2) is 31.5 Å². The van der Waals surface area contributed by atoms with E-state index in [1.807, 2.05) is 31.2 Å². The van der Waals surface area contributed by atoms with Crippen LogP contribution in [0.3, 0.4) is 0 Å². The summed E-state index contributed by atoms with van der Waals surface area (Å²) in [5, 5.41) is 6.63. The maximum atomic E-state index is 12.6. The topological polar surface area (TPSA) is 70.7 Å². The zero-order chi connectivity index (χ0) is 20.3. The number of carbonyl (C=O) groups excluding carboxylic acids is 2. The Labute approximate surface area is 169 Å². The number of rotatable bonds is 6. The van der Waals surface area contributed by atoms with Gasteiger partial charge in [0.25, 0.3) is 0 Å². The van der Waals surface area contributed by atoms with Crippen LogP contribution in [-0.2, 0) is 9.59 Å². The number of amides is 2. The van der Waals surface area contributed by atoms with E-state index in [9.17, 15) is 9.59 Å². The quantitative estimate of drug-likeness (QED) is 0.760. The predicted octanol–water partition coefficient (Wildman–Crippen LogP) is 4.22. The molecule has 1 heterocycles. The van der Waals surface area contributed by atoms with E-state index < -0.39 is 6.04 Å². The van der Waals surface area contributed by atoms with Crippen LogP contribution in [0.4, 0.5) is 17.1 Å². The molecule has 6 nitrogen and oxygen atoms in total. The monoisotopic (exact) mass is 401 g/mol. The van der Waals surface area contributed by atoms with Gasteiger partial charge in [-0.05, 0) is 56.2 Å². The molecule has 148 valence electrons. The molecule has 2 aromatic rings. The van der Waals surface area contributed by atoms with Crippen LogP contribution in [0.2, 0.25) is 5.02 Å². The summed E-state index contributed by atoms with van der Waals surface area (Å²) in [6, 6.07) is 10.5. The van der Waals surface area contributed by atoms with Crippen molar-refractivity contribution in [2.24, 2.45) is 0 Å². The Morgan fingerprint density at radius 1 is 1.25 bits per heavy atom. The summed E-state index contributed by atoms with van der Waals surface area (Å²) in [4.78, 5) is 26.2. The predicted molar refractivity (Wildman–Crippen MR) is 112 cm³/mol. The Hall–Kier alpha value is -2.73. The minimum Gasteiger partial charge on any atom is -0.495 e. The minimum atomic E-state index is -0.472. The molecule has 2 amide bonds. The van der Waals surface area contributed by atoms with Crippen molar-refractivity contribution < 1.29 is 14.3 Å². The number of halogens is 1. The van der Waals surface area contributed by atoms with Crippen molar-refractivity contribution in [3.8, 4) is 5.75 Å². The van der Waals surface area contributed by atoms with Crippen molar-refractivity contribution >= 4 is 40.5 Å². The van der Waals surface area contributed by atoms with Gasteiger partial charge in [0.15, 0.2) is 0 Å². The van der Waals surface area contributed by atoms with Crippen molar-refractivity contribution in [1.82, 2.24) is 0 Å². The number of ether oxygens (including phenoxy) is 1. The van der Waals surface area contributed by atoms with E-state index in [1.54, 1.807) is 24.0 Å². The fraction of sp³-hybridized carbons (Fsp3) is 0.333. The number of aryl methyl sites for hydroxylation is 1. The maximum absolute atomic E-state index is 12.6. The van der Waals surface area contributed by atoms with Crippen LogP contribution in [0.5, 0.6) is 5.75 Å². The fourth-order valence-electron chi connectivity index (χ4n) is 3.15. The van der Waals surface area contributed by atoms with Crippen molar-refractivity contribution in [3.63, 3.8) is 0 Å². The van der Waals surface area contributed by atoms with E-state index in [1.165, 1.54) is 7.11 Å². The van der Waals surface area contributed by atoms with Crippen molar-refractivity contribution in [2.75, 3.05) is 29.2 Å². The van der Waals surface area contributed by atoms with Crippen LogP contribution >= 0.6 is 11.6 Å². The molecule has 1 aliphatic heterocycles. The molecule has 0 radical (unpaired) electrons. The lowest BCUT2D eigenvalue weighted by Crippen LogP contribution is -2.32. The third kappa shape index (κ3) is 4.39. The molecule has 3 rings (SSSR count). The summed E-state index contributed by atoms with van der Waals surface area (Å²) >= 11 is 6.11. The first kappa shape index (κ1) is 20.0. The van der Waals surface area contributed by atoms with Gasteiger partial charge in [-0.3, -0.25) is 9.59 Å². The minimum absolute atomic E-state index is 0.153. The summed E-state index contributed by atoms with van der Waals surface area (Å²) < 4.78 is 5.30. The molecule has 0 spiro atoms. The molecule has 0 aliphatic carbocycles. The van der Waals surface area contributed by atoms with Crippen molar-refractivity contribution in [2.45, 2.75) is 32.7 Å². The molecule has 1 saturated heterocycles. The molecule has 0 saturated carbocycles. The molecule has 2 N–H and O–H groups in total. The Morgan fingerprint density at radius 2 is 1.96 bits per heavy atom. The molecule has 1 atom stereocenters. The van der Waals surface area contributed by atoms with Crippen LogP contribution in [0.25, 0.3) is 0 Å². The van der Waals surface area contributed by atoms with E-state index in [2.05, 4.69) is 10.6 Å². The first-order valence-electron chi connectivity index (χ1n) is 9.21. The third-order valence-corrected chi connectivity index (χ3v) is 5.17. The summed E-state index contributed by atoms with van der Waals surface area (Å²) in [5.74, 6) is 0.468. The second-order valence-corrected chi connectivity index (χ2v) is 7.26. The Kier molecular flexibility index (Phi) is 6.09. The third-order valence-electron chi connectivity index (χ3n) is 4.77. The van der Waals surface area contributed by atoms with E-state index >= 15 is 0 Å². The van der Waals surface area contributed by atoms with Gasteiger partial charge in [-0.1, -0.05) is 11.6 Å². The molecule has 0 bridgehead atoms. The van der Waals surface area contributed by atoms with Gasteiger partial charge in [0.2, 0.25) is 11.8 Å². The van der Waals surface area contributed by atoms with E-state index in [4.69, 9.17) is 16.3 Å². The Morgan fingerprint density at radius 3 is 2.57 bits per heavy atom. The molecule has 0 aromatic heterocycles. The molecular weight excluding hydrogens is 378 g/mol. The van der Waals surface area contributed by atoms with Crippen LogP contribution in [0, 0.1) is 6.92 Å². The number of methoxy groups -OCH3 is 1. The van der Waals surface area contributed by atoms with Gasteiger partial charge in [0.1, 0.15) is 11.8 Å². The van der Waals surface area contributed by atoms with Gasteiger partial charge < -0.3 is 20.3 Å².